The first-order valence-electron chi connectivity index (χ1n) is 5.28. The molecule has 5 heteroatoms. The molecule has 1 heterocycles. The minimum atomic E-state index is -0.527. The summed E-state index contributed by atoms with van der Waals surface area (Å²) in [5.41, 5.74) is 4.39. The van der Waals surface area contributed by atoms with Gasteiger partial charge in [0.25, 0.3) is 5.91 Å². The van der Waals surface area contributed by atoms with E-state index in [0.29, 0.717) is 13.2 Å². The van der Waals surface area contributed by atoms with Gasteiger partial charge in [-0.25, -0.2) is 4.39 Å². The van der Waals surface area contributed by atoms with Crippen molar-refractivity contribution in [1.29, 1.82) is 0 Å². The van der Waals surface area contributed by atoms with Gasteiger partial charge in [0.05, 0.1) is 12.2 Å². The monoisotopic (exact) mass is 236 g/mol. The average molecular weight is 236 g/mol. The van der Waals surface area contributed by atoms with Gasteiger partial charge in [0, 0.05) is 13.6 Å². The fourth-order valence-corrected chi connectivity index (χ4v) is 1.65. The lowest BCUT2D eigenvalue weighted by Crippen LogP contribution is -2.22. The summed E-state index contributed by atoms with van der Waals surface area (Å²) < 4.78 is 13.7. The Labute approximate surface area is 98.4 Å². The molecule has 0 spiro atoms. The molecule has 1 aromatic carbocycles. The van der Waals surface area contributed by atoms with E-state index in [-0.39, 0.29) is 5.56 Å². The normalized spacial score (nSPS) is 15.3. The molecule has 0 bridgehead atoms. The highest BCUT2D eigenvalue weighted by atomic mass is 19.1. The van der Waals surface area contributed by atoms with Crippen LogP contribution in [0.3, 0.4) is 0 Å². The summed E-state index contributed by atoms with van der Waals surface area (Å²) in [5.74, 6) is -0.953. The molecule has 1 aliphatic rings. The Bertz CT molecular complexity index is 472. The van der Waals surface area contributed by atoms with Crippen LogP contribution in [0.4, 0.5) is 4.39 Å². The maximum atomic E-state index is 13.7. The van der Waals surface area contributed by atoms with Crippen LogP contribution in [-0.4, -0.2) is 26.1 Å². The van der Waals surface area contributed by atoms with Crippen molar-refractivity contribution >= 4 is 11.5 Å². The summed E-state index contributed by atoms with van der Waals surface area (Å²) in [6.07, 6.45) is 1.93. The van der Waals surface area contributed by atoms with Crippen LogP contribution in [0.15, 0.2) is 24.3 Å². The fourth-order valence-electron chi connectivity index (χ4n) is 1.65. The van der Waals surface area contributed by atoms with Gasteiger partial charge in [-0.05, 0) is 23.3 Å². The molecule has 0 radical (unpaired) electrons. The second-order valence-electron chi connectivity index (χ2n) is 3.64. The predicted octanol–water partition coefficient (Wildman–Crippen LogP) is 1.10. The topological polar surface area (TPSA) is 50.4 Å². The maximum absolute atomic E-state index is 13.7. The van der Waals surface area contributed by atoms with Gasteiger partial charge in [0.1, 0.15) is 5.82 Å². The van der Waals surface area contributed by atoms with Gasteiger partial charge in [0.2, 0.25) is 0 Å². The summed E-state index contributed by atoms with van der Waals surface area (Å²) in [6, 6.07) is 4.55. The first-order chi connectivity index (χ1) is 8.22. The van der Waals surface area contributed by atoms with E-state index in [9.17, 15) is 9.18 Å². The molecule has 0 fully saturated rings. The molecule has 2 rings (SSSR count). The van der Waals surface area contributed by atoms with E-state index in [4.69, 9.17) is 4.84 Å². The van der Waals surface area contributed by atoms with E-state index in [1.165, 1.54) is 19.2 Å². The molecule has 0 aromatic heterocycles. The molecule has 0 unspecified atom stereocenters. The van der Waals surface area contributed by atoms with Gasteiger partial charge in [-0.1, -0.05) is 12.1 Å². The fraction of sp³-hybridized carbons (Fsp3) is 0.250. The van der Waals surface area contributed by atoms with Gasteiger partial charge in [-0.15, -0.1) is 0 Å². The predicted molar refractivity (Wildman–Crippen MR) is 61.7 cm³/mol. The zero-order valence-electron chi connectivity index (χ0n) is 9.42. The molecule has 0 saturated carbocycles. The van der Waals surface area contributed by atoms with Crippen LogP contribution < -0.4 is 10.8 Å². The van der Waals surface area contributed by atoms with E-state index in [1.807, 2.05) is 6.08 Å². The summed E-state index contributed by atoms with van der Waals surface area (Å²) in [5, 5.41) is 2.39. The molecule has 1 amide bonds. The Morgan fingerprint density at radius 2 is 2.35 bits per heavy atom. The smallest absolute Gasteiger partial charge is 0.253 e. The van der Waals surface area contributed by atoms with Crippen molar-refractivity contribution in [3.8, 4) is 0 Å². The number of carbonyl (C=O) groups excluding carboxylic acids is 1. The Morgan fingerprint density at radius 1 is 1.53 bits per heavy atom. The quantitative estimate of drug-likeness (QED) is 0.808. The first-order valence-corrected chi connectivity index (χ1v) is 5.28. The number of benzene rings is 1. The van der Waals surface area contributed by atoms with E-state index in [1.54, 1.807) is 6.07 Å². The summed E-state index contributed by atoms with van der Waals surface area (Å²) >= 11 is 0. The summed E-state index contributed by atoms with van der Waals surface area (Å²) in [6.45, 7) is 0.979. The Hall–Kier alpha value is -1.72. The molecule has 0 aliphatic carbocycles. The van der Waals surface area contributed by atoms with E-state index in [2.05, 4.69) is 10.8 Å². The third-order valence-corrected chi connectivity index (χ3v) is 2.57. The molecule has 17 heavy (non-hydrogen) atoms. The average Bonchev–Trinajstić information content (AvgIpc) is 2.39. The SMILES string of the molecule is CNC(=O)c1ccc(C2=CCNOC2)cc1F. The third-order valence-electron chi connectivity index (χ3n) is 2.57. The molecule has 90 valence electrons. The zero-order valence-corrected chi connectivity index (χ0v) is 9.42. The number of hydrogen-bond donors (Lipinski definition) is 2. The van der Waals surface area contributed by atoms with Crippen molar-refractivity contribution in [2.45, 2.75) is 0 Å². The van der Waals surface area contributed by atoms with Gasteiger partial charge >= 0.3 is 0 Å². The van der Waals surface area contributed by atoms with Crippen LogP contribution in [0, 0.1) is 5.82 Å². The number of rotatable bonds is 2. The lowest BCUT2D eigenvalue weighted by atomic mass is 10.0. The first kappa shape index (κ1) is 11.8. The van der Waals surface area contributed by atoms with Crippen LogP contribution in [0.25, 0.3) is 5.57 Å². The van der Waals surface area contributed by atoms with Crippen molar-refractivity contribution in [2.24, 2.45) is 0 Å². The number of amides is 1. The molecule has 0 atom stereocenters. The van der Waals surface area contributed by atoms with Crippen LogP contribution in [0.2, 0.25) is 0 Å². The van der Waals surface area contributed by atoms with Crippen molar-refractivity contribution < 1.29 is 14.0 Å². The molecule has 1 aliphatic heterocycles. The lowest BCUT2D eigenvalue weighted by Gasteiger charge is -2.14. The third kappa shape index (κ3) is 2.51. The van der Waals surface area contributed by atoms with Crippen molar-refractivity contribution in [1.82, 2.24) is 10.8 Å². The molecule has 2 N–H and O–H groups in total. The van der Waals surface area contributed by atoms with Crippen LogP contribution >= 0.6 is 0 Å². The Kier molecular flexibility index (Phi) is 3.51. The zero-order chi connectivity index (χ0) is 12.3. The van der Waals surface area contributed by atoms with Gasteiger partial charge in [-0.2, -0.15) is 5.48 Å². The van der Waals surface area contributed by atoms with Crippen LogP contribution in [0.5, 0.6) is 0 Å². The van der Waals surface area contributed by atoms with Gasteiger partial charge in [0.15, 0.2) is 0 Å². The van der Waals surface area contributed by atoms with E-state index >= 15 is 0 Å². The van der Waals surface area contributed by atoms with Crippen molar-refractivity contribution in [2.75, 3.05) is 20.2 Å². The Morgan fingerprint density at radius 3 is 2.94 bits per heavy atom. The Balaban J connectivity index is 2.30. The standard InChI is InChI=1S/C12H13FN2O2/c1-14-12(16)10-3-2-8(6-11(10)13)9-4-5-15-17-7-9/h2-4,6,15H,5,7H2,1H3,(H,14,16). The van der Waals surface area contributed by atoms with Crippen molar-refractivity contribution in [3.05, 3.63) is 41.2 Å². The second kappa shape index (κ2) is 5.07. The molecule has 1 aromatic rings. The van der Waals surface area contributed by atoms with E-state index < -0.39 is 11.7 Å². The summed E-state index contributed by atoms with van der Waals surface area (Å²) in [7, 11) is 1.47. The number of hydrogen-bond acceptors (Lipinski definition) is 3. The highest BCUT2D eigenvalue weighted by Gasteiger charge is 2.13. The minimum absolute atomic E-state index is 0.0479. The van der Waals surface area contributed by atoms with Gasteiger partial charge < -0.3 is 5.32 Å². The van der Waals surface area contributed by atoms with Crippen LogP contribution in [0.1, 0.15) is 15.9 Å². The largest absolute Gasteiger partial charge is 0.355 e. The highest BCUT2D eigenvalue weighted by Crippen LogP contribution is 2.19. The highest BCUT2D eigenvalue weighted by molar-refractivity contribution is 5.94. The van der Waals surface area contributed by atoms with Crippen LogP contribution in [-0.2, 0) is 4.84 Å². The number of nitrogens with one attached hydrogen (secondary N) is 2. The molecular formula is C12H13FN2O2. The van der Waals surface area contributed by atoms with Crippen molar-refractivity contribution in [3.63, 3.8) is 0 Å². The molecule has 0 saturated heterocycles. The number of hydroxylamine groups is 1. The van der Waals surface area contributed by atoms with Gasteiger partial charge in [-0.3, -0.25) is 9.63 Å². The molecule has 4 nitrogen and oxygen atoms in total. The molecular weight excluding hydrogens is 223 g/mol. The lowest BCUT2D eigenvalue weighted by molar-refractivity contribution is 0.0678. The van der Waals surface area contributed by atoms with E-state index in [0.717, 1.165) is 11.1 Å². The maximum Gasteiger partial charge on any atom is 0.253 e. The number of carbonyl (C=O) groups is 1. The number of halogens is 1. The second-order valence-corrected chi connectivity index (χ2v) is 3.64. The minimum Gasteiger partial charge on any atom is -0.355 e. The summed E-state index contributed by atoms with van der Waals surface area (Å²) in [4.78, 5) is 16.4.